The molecule has 0 aromatic carbocycles. The molecule has 2 N–H and O–H groups in total. The molecule has 1 aliphatic carbocycles. The Morgan fingerprint density at radius 3 is 2.93 bits per heavy atom. The van der Waals surface area contributed by atoms with Crippen LogP contribution in [0.1, 0.15) is 48.2 Å². The van der Waals surface area contributed by atoms with Crippen molar-refractivity contribution in [1.29, 1.82) is 0 Å². The Balaban J connectivity index is 1.48. The predicted molar refractivity (Wildman–Crippen MR) is 118 cm³/mol. The fraction of sp³-hybridized carbons (Fsp3) is 0.476. The third kappa shape index (κ3) is 3.62. The molecular formula is C21H24ClN5OS. The Hall–Kier alpha value is -2.12. The second kappa shape index (κ2) is 7.61. The number of amides is 1. The number of likely N-dealkylation sites (tertiary alicyclic amines) is 1. The molecule has 29 heavy (non-hydrogen) atoms. The highest BCUT2D eigenvalue weighted by atomic mass is 35.5. The van der Waals surface area contributed by atoms with Crippen LogP contribution >= 0.6 is 22.9 Å². The Kier molecular flexibility index (Phi) is 4.95. The van der Waals surface area contributed by atoms with Gasteiger partial charge in [-0.3, -0.25) is 9.79 Å². The summed E-state index contributed by atoms with van der Waals surface area (Å²) in [7, 11) is 0. The molecule has 0 radical (unpaired) electrons. The summed E-state index contributed by atoms with van der Waals surface area (Å²) in [5, 5.41) is 7.21. The number of amidine groups is 1. The molecule has 6 nitrogen and oxygen atoms in total. The summed E-state index contributed by atoms with van der Waals surface area (Å²) in [6.07, 6.45) is 8.36. The highest BCUT2D eigenvalue weighted by Gasteiger charge is 2.45. The lowest BCUT2D eigenvalue weighted by molar-refractivity contribution is 0.0699. The quantitative estimate of drug-likeness (QED) is 0.729. The maximum Gasteiger partial charge on any atom is 0.264 e. The van der Waals surface area contributed by atoms with Crippen LogP contribution in [0.5, 0.6) is 0 Å². The van der Waals surface area contributed by atoms with Gasteiger partial charge in [0.2, 0.25) is 0 Å². The average Bonchev–Trinajstić information content (AvgIpc) is 3.40. The molecule has 1 spiro atoms. The SMILES string of the molecule is O=C(c1ccc(Cl)s1)N1CCC[C@]2(C1)Nc1cccnc1NC2=NC1CCCC1. The van der Waals surface area contributed by atoms with Gasteiger partial charge in [-0.25, -0.2) is 4.98 Å². The van der Waals surface area contributed by atoms with Crippen LogP contribution in [0.25, 0.3) is 0 Å². The fourth-order valence-electron chi connectivity index (χ4n) is 4.64. The van der Waals surface area contributed by atoms with Gasteiger partial charge in [0, 0.05) is 12.7 Å². The second-order valence-electron chi connectivity index (χ2n) is 8.08. The number of nitrogens with zero attached hydrogens (tertiary/aromatic N) is 3. The number of halogens is 1. The number of carbonyl (C=O) groups is 1. The lowest BCUT2D eigenvalue weighted by Crippen LogP contribution is -2.62. The maximum absolute atomic E-state index is 13.1. The van der Waals surface area contributed by atoms with E-state index in [9.17, 15) is 4.79 Å². The summed E-state index contributed by atoms with van der Waals surface area (Å²) >= 11 is 7.40. The Labute approximate surface area is 179 Å². The molecule has 4 heterocycles. The zero-order valence-electron chi connectivity index (χ0n) is 16.2. The molecule has 2 aromatic heterocycles. The first-order valence-corrected chi connectivity index (χ1v) is 11.5. The van der Waals surface area contributed by atoms with Crippen molar-refractivity contribution >= 4 is 46.2 Å². The largest absolute Gasteiger partial charge is 0.368 e. The highest BCUT2D eigenvalue weighted by molar-refractivity contribution is 7.17. The highest BCUT2D eigenvalue weighted by Crippen LogP contribution is 2.37. The number of aromatic nitrogens is 1. The van der Waals surface area contributed by atoms with E-state index in [1.807, 2.05) is 23.1 Å². The van der Waals surface area contributed by atoms with Gasteiger partial charge in [0.15, 0.2) is 5.82 Å². The summed E-state index contributed by atoms with van der Waals surface area (Å²) in [6.45, 7) is 1.32. The monoisotopic (exact) mass is 429 g/mol. The van der Waals surface area contributed by atoms with Crippen LogP contribution in [0, 0.1) is 0 Å². The zero-order chi connectivity index (χ0) is 19.8. The molecule has 2 aromatic rings. The summed E-state index contributed by atoms with van der Waals surface area (Å²) in [4.78, 5) is 25.3. The number of hydrogen-bond donors (Lipinski definition) is 2. The van der Waals surface area contributed by atoms with Crippen molar-refractivity contribution in [3.63, 3.8) is 0 Å². The molecule has 2 fully saturated rings. The lowest BCUT2D eigenvalue weighted by atomic mass is 9.85. The molecule has 2 aliphatic heterocycles. The standard InChI is InChI=1S/C21H24ClN5OS/c22-17-9-8-16(29-17)19(28)27-12-4-10-21(13-27)20(24-14-5-1-2-6-14)25-18-15(26-21)7-3-11-23-18/h3,7-9,11,14,26H,1-2,4-6,10,12-13H2,(H,23,24,25)/t21-/m1/s1. The van der Waals surface area contributed by atoms with E-state index in [1.165, 1.54) is 24.2 Å². The first-order chi connectivity index (χ1) is 14.1. The van der Waals surface area contributed by atoms with Crippen LogP contribution in [-0.4, -0.2) is 46.3 Å². The number of fused-ring (bicyclic) bond motifs is 1. The van der Waals surface area contributed by atoms with Gasteiger partial charge in [0.1, 0.15) is 11.4 Å². The van der Waals surface area contributed by atoms with Crippen LogP contribution in [-0.2, 0) is 0 Å². The number of nitrogens with one attached hydrogen (secondary N) is 2. The first kappa shape index (κ1) is 18.9. The molecule has 1 atom stereocenters. The summed E-state index contributed by atoms with van der Waals surface area (Å²) in [5.41, 5.74) is 0.555. The molecule has 152 valence electrons. The molecule has 5 rings (SSSR count). The first-order valence-electron chi connectivity index (χ1n) is 10.3. The molecule has 0 unspecified atom stereocenters. The normalized spacial score (nSPS) is 25.7. The molecular weight excluding hydrogens is 406 g/mol. The Bertz CT molecular complexity index is 954. The topological polar surface area (TPSA) is 69.6 Å². The third-order valence-electron chi connectivity index (χ3n) is 6.07. The molecule has 1 saturated carbocycles. The van der Waals surface area contributed by atoms with Crippen molar-refractivity contribution in [2.24, 2.45) is 4.99 Å². The predicted octanol–water partition coefficient (Wildman–Crippen LogP) is 4.65. The van der Waals surface area contributed by atoms with Gasteiger partial charge >= 0.3 is 0 Å². The van der Waals surface area contributed by atoms with Crippen LogP contribution in [0.4, 0.5) is 11.5 Å². The summed E-state index contributed by atoms with van der Waals surface area (Å²) in [6, 6.07) is 7.91. The second-order valence-corrected chi connectivity index (χ2v) is 9.80. The molecule has 8 heteroatoms. The average molecular weight is 430 g/mol. The van der Waals surface area contributed by atoms with E-state index < -0.39 is 5.54 Å². The van der Waals surface area contributed by atoms with Crippen LogP contribution < -0.4 is 10.6 Å². The number of anilines is 2. The van der Waals surface area contributed by atoms with Crippen molar-refractivity contribution in [2.75, 3.05) is 23.7 Å². The van der Waals surface area contributed by atoms with Crippen LogP contribution in [0.2, 0.25) is 4.34 Å². The van der Waals surface area contributed by atoms with Gasteiger partial charge in [0.05, 0.1) is 27.5 Å². The van der Waals surface area contributed by atoms with E-state index in [4.69, 9.17) is 16.6 Å². The van der Waals surface area contributed by atoms with E-state index in [0.717, 1.165) is 49.6 Å². The van der Waals surface area contributed by atoms with Crippen molar-refractivity contribution in [3.8, 4) is 0 Å². The summed E-state index contributed by atoms with van der Waals surface area (Å²) in [5.74, 6) is 1.78. The number of piperidine rings is 1. The molecule has 1 amide bonds. The smallest absolute Gasteiger partial charge is 0.264 e. The van der Waals surface area contributed by atoms with Gasteiger partial charge in [-0.05, 0) is 49.9 Å². The summed E-state index contributed by atoms with van der Waals surface area (Å²) < 4.78 is 0.640. The van der Waals surface area contributed by atoms with E-state index >= 15 is 0 Å². The maximum atomic E-state index is 13.1. The number of carbonyl (C=O) groups excluding carboxylic acids is 1. The Morgan fingerprint density at radius 2 is 2.14 bits per heavy atom. The van der Waals surface area contributed by atoms with Gasteiger partial charge in [-0.15, -0.1) is 11.3 Å². The van der Waals surface area contributed by atoms with Gasteiger partial charge in [-0.1, -0.05) is 24.4 Å². The van der Waals surface area contributed by atoms with Gasteiger partial charge < -0.3 is 15.5 Å². The van der Waals surface area contributed by atoms with Crippen LogP contribution in [0.3, 0.4) is 0 Å². The minimum Gasteiger partial charge on any atom is -0.368 e. The minimum atomic E-state index is -0.409. The lowest BCUT2D eigenvalue weighted by Gasteiger charge is -2.47. The van der Waals surface area contributed by atoms with Crippen molar-refractivity contribution in [3.05, 3.63) is 39.7 Å². The molecule has 3 aliphatic rings. The van der Waals surface area contributed by atoms with Gasteiger partial charge in [-0.2, -0.15) is 0 Å². The van der Waals surface area contributed by atoms with Crippen molar-refractivity contribution in [2.45, 2.75) is 50.1 Å². The number of hydrogen-bond acceptors (Lipinski definition) is 5. The zero-order valence-corrected chi connectivity index (χ0v) is 17.7. The number of rotatable bonds is 2. The van der Waals surface area contributed by atoms with Crippen LogP contribution in [0.15, 0.2) is 35.5 Å². The number of pyridine rings is 1. The van der Waals surface area contributed by atoms with Crippen molar-refractivity contribution in [1.82, 2.24) is 9.88 Å². The third-order valence-corrected chi connectivity index (χ3v) is 7.29. The van der Waals surface area contributed by atoms with Gasteiger partial charge in [0.25, 0.3) is 5.91 Å². The van der Waals surface area contributed by atoms with E-state index in [-0.39, 0.29) is 5.91 Å². The molecule has 0 bridgehead atoms. The number of thiophene rings is 1. The minimum absolute atomic E-state index is 0.0416. The van der Waals surface area contributed by atoms with E-state index in [0.29, 0.717) is 21.8 Å². The number of aliphatic imine (C=N–C) groups is 1. The molecule has 1 saturated heterocycles. The Morgan fingerprint density at radius 1 is 1.28 bits per heavy atom. The van der Waals surface area contributed by atoms with E-state index in [2.05, 4.69) is 15.6 Å². The van der Waals surface area contributed by atoms with Crippen molar-refractivity contribution < 1.29 is 4.79 Å². The fourth-order valence-corrected chi connectivity index (χ4v) is 5.65. The van der Waals surface area contributed by atoms with E-state index in [1.54, 1.807) is 12.3 Å².